The Balaban J connectivity index is 1.76. The van der Waals surface area contributed by atoms with Gasteiger partial charge in [-0.15, -0.1) is 0 Å². The van der Waals surface area contributed by atoms with E-state index in [0.29, 0.717) is 6.54 Å². The van der Waals surface area contributed by atoms with E-state index < -0.39 is 0 Å². The number of halogens is 1. The largest absolute Gasteiger partial charge is 0.464 e. The molecule has 1 aromatic heterocycles. The first-order valence-electron chi connectivity index (χ1n) is 7.52. The van der Waals surface area contributed by atoms with Crippen LogP contribution in [0.3, 0.4) is 0 Å². The number of amides is 1. The van der Waals surface area contributed by atoms with Gasteiger partial charge in [0.15, 0.2) is 0 Å². The predicted molar refractivity (Wildman–Crippen MR) is 92.7 cm³/mol. The van der Waals surface area contributed by atoms with Crippen LogP contribution in [0, 0.1) is 13.8 Å². The molecule has 0 aliphatic carbocycles. The average molecular weight is 328 g/mol. The van der Waals surface area contributed by atoms with Crippen molar-refractivity contribution >= 4 is 28.5 Å². The molecule has 0 saturated carbocycles. The maximum absolute atomic E-state index is 12.2. The van der Waals surface area contributed by atoms with E-state index in [-0.39, 0.29) is 12.3 Å². The lowest BCUT2D eigenvalue weighted by atomic mass is 10.0. The number of fused-ring (bicyclic) bond motifs is 1. The Bertz CT molecular complexity index is 853. The monoisotopic (exact) mass is 327 g/mol. The lowest BCUT2D eigenvalue weighted by Gasteiger charge is -2.07. The third-order valence-corrected chi connectivity index (χ3v) is 4.56. The molecule has 0 unspecified atom stereocenters. The van der Waals surface area contributed by atoms with Crippen LogP contribution in [0.2, 0.25) is 5.02 Å². The number of nitrogens with one attached hydrogen (secondary N) is 1. The van der Waals surface area contributed by atoms with Crippen molar-refractivity contribution in [3.8, 4) is 0 Å². The maximum Gasteiger partial charge on any atom is 0.224 e. The van der Waals surface area contributed by atoms with E-state index in [1.54, 1.807) is 6.26 Å². The molecule has 0 spiro atoms. The molecule has 3 rings (SSSR count). The molecule has 0 atom stereocenters. The van der Waals surface area contributed by atoms with Gasteiger partial charge in [0.1, 0.15) is 5.58 Å². The van der Waals surface area contributed by atoms with Crippen LogP contribution in [0.1, 0.15) is 22.3 Å². The maximum atomic E-state index is 12.2. The van der Waals surface area contributed by atoms with Crippen LogP contribution >= 0.6 is 11.6 Å². The summed E-state index contributed by atoms with van der Waals surface area (Å²) >= 11 is 6.32. The van der Waals surface area contributed by atoms with Crippen LogP contribution in [0.15, 0.2) is 47.1 Å². The van der Waals surface area contributed by atoms with Crippen molar-refractivity contribution in [2.75, 3.05) is 0 Å². The third-order valence-electron chi connectivity index (χ3n) is 3.98. The van der Waals surface area contributed by atoms with Crippen LogP contribution in [0.5, 0.6) is 0 Å². The van der Waals surface area contributed by atoms with Gasteiger partial charge < -0.3 is 9.73 Å². The van der Waals surface area contributed by atoms with E-state index in [9.17, 15) is 4.79 Å². The zero-order valence-corrected chi connectivity index (χ0v) is 13.9. The molecule has 3 nitrogen and oxygen atoms in total. The van der Waals surface area contributed by atoms with Crippen LogP contribution < -0.4 is 5.32 Å². The first kappa shape index (κ1) is 15.6. The number of hydrogen-bond donors (Lipinski definition) is 1. The summed E-state index contributed by atoms with van der Waals surface area (Å²) in [5, 5.41) is 4.60. The third kappa shape index (κ3) is 3.25. The quantitative estimate of drug-likeness (QED) is 0.763. The first-order chi connectivity index (χ1) is 11.1. The summed E-state index contributed by atoms with van der Waals surface area (Å²) in [6, 6.07) is 11.8. The van der Waals surface area contributed by atoms with Gasteiger partial charge in [-0.3, -0.25) is 4.79 Å². The molecular formula is C19H18ClNO2. The highest BCUT2D eigenvalue weighted by Gasteiger charge is 2.15. The average Bonchev–Trinajstić information content (AvgIpc) is 2.94. The van der Waals surface area contributed by atoms with Gasteiger partial charge in [-0.1, -0.05) is 41.9 Å². The molecule has 0 radical (unpaired) electrons. The van der Waals surface area contributed by atoms with Crippen LogP contribution in [-0.4, -0.2) is 5.91 Å². The lowest BCUT2D eigenvalue weighted by Crippen LogP contribution is -2.24. The Morgan fingerprint density at radius 3 is 2.70 bits per heavy atom. The predicted octanol–water partition coefficient (Wildman–Crippen LogP) is 4.56. The Morgan fingerprint density at radius 1 is 1.22 bits per heavy atom. The Hall–Kier alpha value is -2.26. The van der Waals surface area contributed by atoms with E-state index in [1.807, 2.05) is 50.2 Å². The highest BCUT2D eigenvalue weighted by Crippen LogP contribution is 2.32. The molecule has 0 fully saturated rings. The number of carbonyl (C=O) groups excluding carboxylic acids is 1. The van der Waals surface area contributed by atoms with E-state index in [4.69, 9.17) is 16.0 Å². The summed E-state index contributed by atoms with van der Waals surface area (Å²) in [4.78, 5) is 12.2. The normalized spacial score (nSPS) is 10.9. The summed E-state index contributed by atoms with van der Waals surface area (Å²) in [6.45, 7) is 4.43. The number of hydrogen-bond acceptors (Lipinski definition) is 2. The molecule has 3 aromatic rings. The number of furan rings is 1. The second-order valence-corrected chi connectivity index (χ2v) is 6.08. The van der Waals surface area contributed by atoms with E-state index in [2.05, 4.69) is 5.32 Å². The smallest absolute Gasteiger partial charge is 0.224 e. The van der Waals surface area contributed by atoms with Crippen molar-refractivity contribution < 1.29 is 9.21 Å². The van der Waals surface area contributed by atoms with Crippen molar-refractivity contribution in [1.29, 1.82) is 0 Å². The Labute approximate surface area is 140 Å². The molecule has 0 bridgehead atoms. The van der Waals surface area contributed by atoms with E-state index in [1.165, 1.54) is 0 Å². The van der Waals surface area contributed by atoms with Crippen molar-refractivity contribution in [3.05, 3.63) is 69.9 Å². The van der Waals surface area contributed by atoms with Gasteiger partial charge >= 0.3 is 0 Å². The van der Waals surface area contributed by atoms with Gasteiger partial charge in [-0.05, 0) is 36.6 Å². The fourth-order valence-corrected chi connectivity index (χ4v) is 2.92. The molecule has 1 amide bonds. The summed E-state index contributed by atoms with van der Waals surface area (Å²) in [5.41, 5.74) is 4.65. The molecule has 2 aromatic carbocycles. The summed E-state index contributed by atoms with van der Waals surface area (Å²) in [5.74, 6) is -0.0346. The van der Waals surface area contributed by atoms with Crippen molar-refractivity contribution in [2.45, 2.75) is 26.8 Å². The van der Waals surface area contributed by atoms with Crippen molar-refractivity contribution in [2.24, 2.45) is 0 Å². The molecule has 23 heavy (non-hydrogen) atoms. The Kier molecular flexibility index (Phi) is 4.39. The minimum Gasteiger partial charge on any atom is -0.464 e. The van der Waals surface area contributed by atoms with Gasteiger partial charge in [-0.2, -0.15) is 0 Å². The number of benzene rings is 2. The molecule has 0 saturated heterocycles. The number of rotatable bonds is 4. The van der Waals surface area contributed by atoms with Gasteiger partial charge in [0, 0.05) is 22.5 Å². The van der Waals surface area contributed by atoms with Gasteiger partial charge in [0.2, 0.25) is 5.91 Å². The second-order valence-electron chi connectivity index (χ2n) is 5.71. The summed E-state index contributed by atoms with van der Waals surface area (Å²) in [7, 11) is 0. The number of carbonyl (C=O) groups is 1. The molecule has 0 aliphatic heterocycles. The fraction of sp³-hybridized carbons (Fsp3) is 0.211. The molecule has 118 valence electrons. The first-order valence-corrected chi connectivity index (χ1v) is 7.90. The van der Waals surface area contributed by atoms with Crippen LogP contribution in [0.25, 0.3) is 11.0 Å². The molecule has 4 heteroatoms. The topological polar surface area (TPSA) is 42.2 Å². The minimum atomic E-state index is -0.0346. The zero-order valence-electron chi connectivity index (χ0n) is 13.2. The number of aryl methyl sites for hydroxylation is 2. The van der Waals surface area contributed by atoms with E-state index in [0.717, 1.165) is 38.2 Å². The van der Waals surface area contributed by atoms with Gasteiger partial charge in [0.25, 0.3) is 0 Å². The Morgan fingerprint density at radius 2 is 1.96 bits per heavy atom. The molecule has 0 aliphatic rings. The second kappa shape index (κ2) is 6.47. The van der Waals surface area contributed by atoms with Gasteiger partial charge in [-0.25, -0.2) is 0 Å². The van der Waals surface area contributed by atoms with Crippen molar-refractivity contribution in [3.63, 3.8) is 0 Å². The molecule has 1 N–H and O–H groups in total. The standard InChI is InChI=1S/C19H18ClNO2/c1-12-8-16-18(13(2)19(12)20)15(11-23-16)9-17(22)21-10-14-6-4-3-5-7-14/h3-8,11H,9-10H2,1-2H3,(H,21,22). The van der Waals surface area contributed by atoms with Crippen LogP contribution in [-0.2, 0) is 17.8 Å². The van der Waals surface area contributed by atoms with Crippen LogP contribution in [0.4, 0.5) is 0 Å². The lowest BCUT2D eigenvalue weighted by molar-refractivity contribution is -0.120. The molecule has 1 heterocycles. The zero-order chi connectivity index (χ0) is 16.4. The highest BCUT2D eigenvalue weighted by molar-refractivity contribution is 6.33. The fourth-order valence-electron chi connectivity index (χ4n) is 2.77. The highest BCUT2D eigenvalue weighted by atomic mass is 35.5. The minimum absolute atomic E-state index is 0.0346. The summed E-state index contributed by atoms with van der Waals surface area (Å²) < 4.78 is 5.59. The SMILES string of the molecule is Cc1cc2occ(CC(=O)NCc3ccccc3)c2c(C)c1Cl. The molecular weight excluding hydrogens is 310 g/mol. The van der Waals surface area contributed by atoms with Crippen molar-refractivity contribution in [1.82, 2.24) is 5.32 Å². The van der Waals surface area contributed by atoms with Gasteiger partial charge in [0.05, 0.1) is 12.7 Å². The van der Waals surface area contributed by atoms with E-state index >= 15 is 0 Å². The summed E-state index contributed by atoms with van der Waals surface area (Å²) in [6.07, 6.45) is 1.93.